The van der Waals surface area contributed by atoms with Gasteiger partial charge in [0.2, 0.25) is 0 Å². The number of carbonyl (C=O) groups is 1. The second-order valence-corrected chi connectivity index (χ2v) is 9.50. The number of hydrogen-bond acceptors (Lipinski definition) is 6. The lowest BCUT2D eigenvalue weighted by molar-refractivity contribution is 0.0933. The summed E-state index contributed by atoms with van der Waals surface area (Å²) in [5, 5.41) is 2.93. The van der Waals surface area contributed by atoms with Crippen molar-refractivity contribution in [3.8, 4) is 5.75 Å². The number of benzene rings is 2. The van der Waals surface area contributed by atoms with Crippen LogP contribution < -0.4 is 14.8 Å². The van der Waals surface area contributed by atoms with Crippen molar-refractivity contribution in [2.75, 3.05) is 31.5 Å². The van der Waals surface area contributed by atoms with Gasteiger partial charge in [0, 0.05) is 12.1 Å². The van der Waals surface area contributed by atoms with E-state index in [1.54, 1.807) is 42.7 Å². The molecular weight excluding hydrogens is 442 g/mol. The Bertz CT molecular complexity index is 1190. The van der Waals surface area contributed by atoms with Crippen LogP contribution in [0.1, 0.15) is 35.0 Å². The van der Waals surface area contributed by atoms with E-state index in [0.29, 0.717) is 18.0 Å². The average Bonchev–Trinajstić information content (AvgIpc) is 3.55. The Morgan fingerprint density at radius 3 is 2.61 bits per heavy atom. The van der Waals surface area contributed by atoms with Crippen molar-refractivity contribution in [2.45, 2.75) is 23.8 Å². The van der Waals surface area contributed by atoms with E-state index >= 15 is 0 Å². The van der Waals surface area contributed by atoms with Gasteiger partial charge in [0.15, 0.2) is 0 Å². The van der Waals surface area contributed by atoms with Gasteiger partial charge < -0.3 is 14.5 Å². The predicted molar refractivity (Wildman–Crippen MR) is 125 cm³/mol. The molecule has 1 atom stereocenters. The van der Waals surface area contributed by atoms with Gasteiger partial charge in [0.05, 0.1) is 30.0 Å². The Labute approximate surface area is 193 Å². The number of sulfonamides is 1. The average molecular weight is 470 g/mol. The van der Waals surface area contributed by atoms with Crippen molar-refractivity contribution < 1.29 is 22.4 Å². The van der Waals surface area contributed by atoms with E-state index in [1.165, 1.54) is 19.2 Å². The molecule has 2 aromatic carbocycles. The zero-order valence-corrected chi connectivity index (χ0v) is 19.2. The van der Waals surface area contributed by atoms with Gasteiger partial charge >= 0.3 is 0 Å². The van der Waals surface area contributed by atoms with E-state index in [9.17, 15) is 13.2 Å². The molecule has 8 nitrogen and oxygen atoms in total. The summed E-state index contributed by atoms with van der Waals surface area (Å²) in [5.41, 5.74) is 0.583. The molecule has 1 amide bonds. The highest BCUT2D eigenvalue weighted by molar-refractivity contribution is 7.92. The van der Waals surface area contributed by atoms with Crippen LogP contribution in [-0.2, 0) is 10.0 Å². The molecule has 0 saturated carbocycles. The van der Waals surface area contributed by atoms with Crippen LogP contribution in [0.25, 0.3) is 0 Å². The highest BCUT2D eigenvalue weighted by atomic mass is 32.2. The van der Waals surface area contributed by atoms with Crippen molar-refractivity contribution >= 4 is 21.6 Å². The zero-order chi connectivity index (χ0) is 23.3. The van der Waals surface area contributed by atoms with Gasteiger partial charge in [-0.3, -0.25) is 14.4 Å². The maximum absolute atomic E-state index is 12.9. The van der Waals surface area contributed by atoms with Gasteiger partial charge in [-0.2, -0.15) is 0 Å². The lowest BCUT2D eigenvalue weighted by Gasteiger charge is -2.26. The summed E-state index contributed by atoms with van der Waals surface area (Å²) in [7, 11) is -2.45. The second kappa shape index (κ2) is 10.1. The molecule has 0 aliphatic carbocycles. The molecule has 1 fully saturated rings. The fourth-order valence-corrected chi connectivity index (χ4v) is 5.09. The van der Waals surface area contributed by atoms with Crippen molar-refractivity contribution in [2.24, 2.45) is 0 Å². The minimum atomic E-state index is -3.91. The van der Waals surface area contributed by atoms with Gasteiger partial charge in [-0.25, -0.2) is 8.42 Å². The van der Waals surface area contributed by atoms with Crippen molar-refractivity contribution in [1.82, 2.24) is 10.2 Å². The SMILES string of the molecule is COc1ccccc1NS(=O)(=O)c1cccc(C(=O)NC[C@@H](c2ccco2)N2CCCC2)c1. The van der Waals surface area contributed by atoms with Crippen LogP contribution in [0.15, 0.2) is 76.2 Å². The monoisotopic (exact) mass is 469 g/mol. The normalized spacial score (nSPS) is 15.2. The lowest BCUT2D eigenvalue weighted by atomic mass is 10.1. The molecule has 9 heteroatoms. The molecule has 0 spiro atoms. The Morgan fingerprint density at radius 2 is 1.88 bits per heavy atom. The molecular formula is C24H27N3O5S. The fourth-order valence-electron chi connectivity index (χ4n) is 3.97. The van der Waals surface area contributed by atoms with Gasteiger partial charge in [0.1, 0.15) is 11.5 Å². The number of rotatable bonds is 9. The van der Waals surface area contributed by atoms with Crippen molar-refractivity contribution in [3.63, 3.8) is 0 Å². The standard InChI is InChI=1S/C24H27N3O5S/c1-31-22-11-3-2-10-20(22)26-33(29,30)19-9-6-8-18(16-19)24(28)25-17-21(23-12-7-15-32-23)27-13-4-5-14-27/h2-3,6-12,15-16,21,26H,4-5,13-14,17H2,1H3,(H,25,28)/t21-/m0/s1. The number of carbonyl (C=O) groups excluding carboxylic acids is 1. The second-order valence-electron chi connectivity index (χ2n) is 7.82. The number of furan rings is 1. The summed E-state index contributed by atoms with van der Waals surface area (Å²) >= 11 is 0. The molecule has 174 valence electrons. The molecule has 0 bridgehead atoms. The summed E-state index contributed by atoms with van der Waals surface area (Å²) in [6.07, 6.45) is 3.86. The number of likely N-dealkylation sites (tertiary alicyclic amines) is 1. The minimum Gasteiger partial charge on any atom is -0.495 e. The Morgan fingerprint density at radius 1 is 1.09 bits per heavy atom. The largest absolute Gasteiger partial charge is 0.495 e. The number of ether oxygens (including phenoxy) is 1. The molecule has 1 aromatic heterocycles. The van der Waals surface area contributed by atoms with E-state index in [1.807, 2.05) is 12.1 Å². The van der Waals surface area contributed by atoms with E-state index in [-0.39, 0.29) is 22.4 Å². The van der Waals surface area contributed by atoms with Crippen molar-refractivity contribution in [3.05, 3.63) is 78.3 Å². The van der Waals surface area contributed by atoms with Gasteiger partial charge in [-0.1, -0.05) is 18.2 Å². The van der Waals surface area contributed by atoms with Gasteiger partial charge in [-0.05, 0) is 68.4 Å². The zero-order valence-electron chi connectivity index (χ0n) is 18.4. The van der Waals surface area contributed by atoms with E-state index in [0.717, 1.165) is 31.7 Å². The Balaban J connectivity index is 1.48. The smallest absolute Gasteiger partial charge is 0.262 e. The number of nitrogens with zero attached hydrogens (tertiary/aromatic N) is 1. The molecule has 0 radical (unpaired) electrons. The number of nitrogens with one attached hydrogen (secondary N) is 2. The van der Waals surface area contributed by atoms with Crippen LogP contribution in [0.4, 0.5) is 5.69 Å². The Hall–Kier alpha value is -3.30. The lowest BCUT2D eigenvalue weighted by Crippen LogP contribution is -2.36. The third-order valence-electron chi connectivity index (χ3n) is 5.67. The molecule has 33 heavy (non-hydrogen) atoms. The quantitative estimate of drug-likeness (QED) is 0.496. The number of anilines is 1. The van der Waals surface area contributed by atoms with Gasteiger partial charge in [-0.15, -0.1) is 0 Å². The summed E-state index contributed by atoms with van der Waals surface area (Å²) in [6.45, 7) is 2.26. The predicted octanol–water partition coefficient (Wildman–Crippen LogP) is 3.66. The highest BCUT2D eigenvalue weighted by Crippen LogP contribution is 2.27. The maximum Gasteiger partial charge on any atom is 0.262 e. The molecule has 1 aliphatic heterocycles. The minimum absolute atomic E-state index is 0.0109. The molecule has 4 rings (SSSR count). The fraction of sp³-hybridized carbons (Fsp3) is 0.292. The molecule has 2 N–H and O–H groups in total. The molecule has 2 heterocycles. The molecule has 3 aromatic rings. The summed E-state index contributed by atoms with van der Waals surface area (Å²) in [4.78, 5) is 15.2. The van der Waals surface area contributed by atoms with Gasteiger partial charge in [0.25, 0.3) is 15.9 Å². The van der Waals surface area contributed by atoms with Crippen LogP contribution >= 0.6 is 0 Å². The number of para-hydroxylation sites is 2. The first-order chi connectivity index (χ1) is 16.0. The van der Waals surface area contributed by atoms with Crippen LogP contribution in [0.3, 0.4) is 0 Å². The third kappa shape index (κ3) is 5.37. The highest BCUT2D eigenvalue weighted by Gasteiger charge is 2.26. The van der Waals surface area contributed by atoms with E-state index in [4.69, 9.17) is 9.15 Å². The summed E-state index contributed by atoms with van der Waals surface area (Å²) in [6, 6.07) is 16.4. The van der Waals surface area contributed by atoms with E-state index < -0.39 is 10.0 Å². The maximum atomic E-state index is 12.9. The number of methoxy groups -OCH3 is 1. The number of hydrogen-bond donors (Lipinski definition) is 2. The third-order valence-corrected chi connectivity index (χ3v) is 7.03. The first kappa shape index (κ1) is 22.9. The van der Waals surface area contributed by atoms with Crippen LogP contribution in [0.5, 0.6) is 5.75 Å². The molecule has 1 saturated heterocycles. The first-order valence-electron chi connectivity index (χ1n) is 10.8. The van der Waals surface area contributed by atoms with Crippen molar-refractivity contribution in [1.29, 1.82) is 0 Å². The number of amides is 1. The van der Waals surface area contributed by atoms with E-state index in [2.05, 4.69) is 14.9 Å². The van der Waals surface area contributed by atoms with Crippen LogP contribution in [0.2, 0.25) is 0 Å². The summed E-state index contributed by atoms with van der Waals surface area (Å²) in [5.74, 6) is 0.857. The topological polar surface area (TPSA) is 101 Å². The summed E-state index contributed by atoms with van der Waals surface area (Å²) < 4.78 is 39.2. The first-order valence-corrected chi connectivity index (χ1v) is 12.3. The van der Waals surface area contributed by atoms with Crippen LogP contribution in [0, 0.1) is 0 Å². The molecule has 0 unspecified atom stereocenters. The molecule has 1 aliphatic rings. The Kier molecular flexibility index (Phi) is 7.00. The van der Waals surface area contributed by atoms with Crippen LogP contribution in [-0.4, -0.2) is 46.0 Å².